The van der Waals surface area contributed by atoms with Crippen LogP contribution in [0.2, 0.25) is 5.02 Å². The third-order valence-electron chi connectivity index (χ3n) is 4.85. The lowest BCUT2D eigenvalue weighted by Crippen LogP contribution is -2.54. The third-order valence-corrected chi connectivity index (χ3v) is 6.99. The first-order valence-electron chi connectivity index (χ1n) is 8.77. The fourth-order valence-electron chi connectivity index (χ4n) is 3.24. The molecule has 0 bridgehead atoms. The summed E-state index contributed by atoms with van der Waals surface area (Å²) in [7, 11) is 0.377. The van der Waals surface area contributed by atoms with E-state index in [1.165, 1.54) is 39.4 Å². The van der Waals surface area contributed by atoms with E-state index >= 15 is 0 Å². The molecule has 1 aromatic rings. The van der Waals surface area contributed by atoms with Crippen molar-refractivity contribution in [2.24, 2.45) is 0 Å². The van der Waals surface area contributed by atoms with Crippen LogP contribution in [0.3, 0.4) is 0 Å². The molecule has 0 radical (unpaired) electrons. The first kappa shape index (κ1) is 21.7. The molecule has 1 aliphatic carbocycles. The second-order valence-corrected chi connectivity index (χ2v) is 9.43. The van der Waals surface area contributed by atoms with E-state index in [4.69, 9.17) is 16.3 Å². The zero-order valence-electron chi connectivity index (χ0n) is 15.7. The summed E-state index contributed by atoms with van der Waals surface area (Å²) in [5, 5.41) is 2.89. The van der Waals surface area contributed by atoms with E-state index in [2.05, 4.69) is 5.32 Å². The predicted octanol–water partition coefficient (Wildman–Crippen LogP) is 2.59. The average molecular weight is 417 g/mol. The van der Waals surface area contributed by atoms with Crippen LogP contribution < -0.4 is 5.32 Å². The molecule has 1 N–H and O–H groups in total. The van der Waals surface area contributed by atoms with Crippen LogP contribution in [-0.2, 0) is 19.6 Å². The highest BCUT2D eigenvalue weighted by Gasteiger charge is 2.41. The maximum Gasteiger partial charge on any atom is 0.331 e. The summed E-state index contributed by atoms with van der Waals surface area (Å²) in [6, 6.07) is 3.94. The number of nitrogens with zero attached hydrogens (tertiary/aromatic N) is 1. The number of benzene rings is 1. The van der Waals surface area contributed by atoms with Gasteiger partial charge in [0.15, 0.2) is 0 Å². The van der Waals surface area contributed by atoms with Gasteiger partial charge in [-0.05, 0) is 31.0 Å². The highest BCUT2D eigenvalue weighted by molar-refractivity contribution is 7.89. The van der Waals surface area contributed by atoms with E-state index in [0.29, 0.717) is 12.8 Å². The molecular weight excluding hydrogens is 392 g/mol. The monoisotopic (exact) mass is 416 g/mol. The Morgan fingerprint density at radius 3 is 2.26 bits per heavy atom. The van der Waals surface area contributed by atoms with E-state index in [0.717, 1.165) is 30.0 Å². The summed E-state index contributed by atoms with van der Waals surface area (Å²) < 4.78 is 30.7. The molecule has 2 rings (SSSR count). The minimum Gasteiger partial charge on any atom is -0.467 e. The van der Waals surface area contributed by atoms with Gasteiger partial charge in [-0.1, -0.05) is 37.3 Å². The summed E-state index contributed by atoms with van der Waals surface area (Å²) in [4.78, 5) is 25.3. The van der Waals surface area contributed by atoms with Gasteiger partial charge in [-0.25, -0.2) is 17.5 Å². The van der Waals surface area contributed by atoms with Crippen molar-refractivity contribution in [2.45, 2.75) is 49.0 Å². The SMILES string of the molecule is COC(=O)C1(NC(=O)c2cc(S(=O)(=O)N(C)C)ccc2Cl)CCCCCC1. The minimum absolute atomic E-state index is 0.00659. The fourth-order valence-corrected chi connectivity index (χ4v) is 4.37. The standard InChI is InChI=1S/C18H25ClN2O5S/c1-21(2)27(24,25)13-8-9-15(19)14(12-13)16(22)20-18(17(23)26-3)10-6-4-5-7-11-18/h8-9,12H,4-7,10-11H2,1-3H3,(H,20,22). The Bertz CT molecular complexity index is 815. The molecule has 27 heavy (non-hydrogen) atoms. The normalized spacial score (nSPS) is 17.2. The van der Waals surface area contributed by atoms with Gasteiger partial charge in [-0.2, -0.15) is 0 Å². The Kier molecular flexibility index (Phi) is 6.88. The van der Waals surface area contributed by atoms with Crippen molar-refractivity contribution in [2.75, 3.05) is 21.2 Å². The zero-order valence-corrected chi connectivity index (χ0v) is 17.3. The van der Waals surface area contributed by atoms with Gasteiger partial charge in [0.1, 0.15) is 5.54 Å². The summed E-state index contributed by atoms with van der Waals surface area (Å²) in [6.07, 6.45) is 4.48. The van der Waals surface area contributed by atoms with Crippen LogP contribution in [0.1, 0.15) is 48.9 Å². The second-order valence-electron chi connectivity index (χ2n) is 6.87. The topological polar surface area (TPSA) is 92.8 Å². The number of amides is 1. The highest BCUT2D eigenvalue weighted by Crippen LogP contribution is 2.30. The average Bonchev–Trinajstić information content (AvgIpc) is 2.87. The molecular formula is C18H25ClN2O5S. The summed E-state index contributed by atoms with van der Waals surface area (Å²) in [5.41, 5.74) is -1.12. The molecule has 150 valence electrons. The van der Waals surface area contributed by atoms with Gasteiger partial charge >= 0.3 is 5.97 Å². The molecule has 0 saturated heterocycles. The van der Waals surface area contributed by atoms with E-state index in [-0.39, 0.29) is 15.5 Å². The van der Waals surface area contributed by atoms with Gasteiger partial charge in [0, 0.05) is 14.1 Å². The summed E-state index contributed by atoms with van der Waals surface area (Å²) >= 11 is 6.14. The number of methoxy groups -OCH3 is 1. The lowest BCUT2D eigenvalue weighted by atomic mass is 9.89. The number of sulfonamides is 1. The van der Waals surface area contributed by atoms with Gasteiger partial charge in [-0.15, -0.1) is 0 Å². The van der Waals surface area contributed by atoms with Crippen molar-refractivity contribution in [3.8, 4) is 0 Å². The van der Waals surface area contributed by atoms with Crippen LogP contribution in [0.25, 0.3) is 0 Å². The van der Waals surface area contributed by atoms with Gasteiger partial charge in [-0.3, -0.25) is 4.79 Å². The van der Waals surface area contributed by atoms with Crippen LogP contribution >= 0.6 is 11.6 Å². The van der Waals surface area contributed by atoms with Crippen molar-refractivity contribution in [3.05, 3.63) is 28.8 Å². The van der Waals surface area contributed by atoms with Crippen molar-refractivity contribution in [1.29, 1.82) is 0 Å². The smallest absolute Gasteiger partial charge is 0.331 e. The zero-order chi connectivity index (χ0) is 20.2. The minimum atomic E-state index is -3.72. The number of hydrogen-bond donors (Lipinski definition) is 1. The molecule has 1 aromatic carbocycles. The first-order valence-corrected chi connectivity index (χ1v) is 10.6. The van der Waals surface area contributed by atoms with Crippen molar-refractivity contribution >= 4 is 33.5 Å². The van der Waals surface area contributed by atoms with E-state index in [9.17, 15) is 18.0 Å². The number of nitrogens with one attached hydrogen (secondary N) is 1. The van der Waals surface area contributed by atoms with E-state index in [1.807, 2.05) is 0 Å². The maximum atomic E-state index is 12.9. The van der Waals surface area contributed by atoms with Crippen LogP contribution in [0.15, 0.2) is 23.1 Å². The molecule has 0 aliphatic heterocycles. The number of halogens is 1. The summed E-state index contributed by atoms with van der Waals surface area (Å²) in [6.45, 7) is 0. The molecule has 0 unspecified atom stereocenters. The number of ether oxygens (including phenoxy) is 1. The van der Waals surface area contributed by atoms with Crippen LogP contribution in [-0.4, -0.2) is 51.3 Å². The van der Waals surface area contributed by atoms with Crippen molar-refractivity contribution < 1.29 is 22.7 Å². The number of hydrogen-bond acceptors (Lipinski definition) is 5. The molecule has 0 heterocycles. The van der Waals surface area contributed by atoms with Crippen LogP contribution in [0.5, 0.6) is 0 Å². The third kappa shape index (κ3) is 4.62. The van der Waals surface area contributed by atoms with E-state index in [1.54, 1.807) is 0 Å². The van der Waals surface area contributed by atoms with E-state index < -0.39 is 27.4 Å². The van der Waals surface area contributed by atoms with Crippen molar-refractivity contribution in [3.63, 3.8) is 0 Å². The molecule has 1 saturated carbocycles. The molecule has 0 aromatic heterocycles. The Morgan fingerprint density at radius 1 is 1.15 bits per heavy atom. The highest BCUT2D eigenvalue weighted by atomic mass is 35.5. The van der Waals surface area contributed by atoms with Crippen molar-refractivity contribution in [1.82, 2.24) is 9.62 Å². The van der Waals surface area contributed by atoms with Gasteiger partial charge in [0.2, 0.25) is 10.0 Å². The Morgan fingerprint density at radius 2 is 1.74 bits per heavy atom. The van der Waals surface area contributed by atoms with Crippen LogP contribution in [0, 0.1) is 0 Å². The summed E-state index contributed by atoms with van der Waals surface area (Å²) in [5.74, 6) is -1.09. The predicted molar refractivity (Wildman–Crippen MR) is 102 cm³/mol. The number of rotatable bonds is 5. The Balaban J connectivity index is 2.40. The first-order chi connectivity index (χ1) is 12.6. The molecule has 0 atom stereocenters. The second kappa shape index (κ2) is 8.58. The maximum absolute atomic E-state index is 12.9. The van der Waals surface area contributed by atoms with Gasteiger partial charge in [0.25, 0.3) is 5.91 Å². The van der Waals surface area contributed by atoms with Gasteiger partial charge in [0.05, 0.1) is 22.6 Å². The molecule has 1 aliphatic rings. The lowest BCUT2D eigenvalue weighted by molar-refractivity contribution is -0.148. The quantitative estimate of drug-likeness (QED) is 0.588. The molecule has 7 nitrogen and oxygen atoms in total. The fraction of sp³-hybridized carbons (Fsp3) is 0.556. The molecule has 1 fully saturated rings. The van der Waals surface area contributed by atoms with Crippen LogP contribution in [0.4, 0.5) is 0 Å². The van der Waals surface area contributed by atoms with Gasteiger partial charge < -0.3 is 10.1 Å². The Labute approximate surface area is 165 Å². The number of esters is 1. The Hall–Kier alpha value is -1.64. The molecule has 0 spiro atoms. The lowest BCUT2D eigenvalue weighted by Gasteiger charge is -2.31. The molecule has 1 amide bonds. The number of carbonyl (C=O) groups excluding carboxylic acids is 2. The molecule has 9 heteroatoms. The number of carbonyl (C=O) groups is 2. The largest absolute Gasteiger partial charge is 0.467 e.